The summed E-state index contributed by atoms with van der Waals surface area (Å²) in [5, 5.41) is 22.3. The van der Waals surface area contributed by atoms with Crippen LogP contribution in [0.3, 0.4) is 0 Å². The molecule has 1 rings (SSSR count). The normalized spacial score (nSPS) is 10.8. The third-order valence-electron chi connectivity index (χ3n) is 1.75. The Labute approximate surface area is 90.9 Å². The van der Waals surface area contributed by atoms with E-state index >= 15 is 0 Å². The van der Waals surface area contributed by atoms with E-state index in [0.29, 0.717) is 0 Å². The SMILES string of the molecule is [N-]=[N+]=Nc1cc(C(F)(F)F)c([N+](=O)[O-])cc1O. The number of nitro benzene ring substituents is 1. The zero-order valence-corrected chi connectivity index (χ0v) is 7.84. The van der Waals surface area contributed by atoms with Crippen LogP contribution in [0.4, 0.5) is 24.5 Å². The number of alkyl halides is 3. The average molecular weight is 248 g/mol. The molecule has 0 amide bonds. The molecule has 0 radical (unpaired) electrons. The molecule has 0 heterocycles. The molecule has 0 aromatic heterocycles. The topological polar surface area (TPSA) is 112 Å². The molecular formula is C7H3F3N4O3. The summed E-state index contributed by atoms with van der Waals surface area (Å²) in [4.78, 5) is 11.3. The Morgan fingerprint density at radius 2 is 2.06 bits per heavy atom. The van der Waals surface area contributed by atoms with E-state index in [1.54, 1.807) is 0 Å². The van der Waals surface area contributed by atoms with Crippen LogP contribution in [-0.4, -0.2) is 10.0 Å². The second-order valence-electron chi connectivity index (χ2n) is 2.80. The number of nitrogens with zero attached hydrogens (tertiary/aromatic N) is 4. The van der Waals surface area contributed by atoms with Gasteiger partial charge in [-0.1, -0.05) is 5.11 Å². The lowest BCUT2D eigenvalue weighted by Crippen LogP contribution is -2.08. The quantitative estimate of drug-likeness (QED) is 0.285. The van der Waals surface area contributed by atoms with Crippen molar-refractivity contribution in [3.05, 3.63) is 38.3 Å². The van der Waals surface area contributed by atoms with Gasteiger partial charge in [-0.05, 0) is 11.6 Å². The maximum absolute atomic E-state index is 12.4. The molecule has 0 unspecified atom stereocenters. The Morgan fingerprint density at radius 3 is 2.47 bits per heavy atom. The van der Waals surface area contributed by atoms with Crippen LogP contribution in [0, 0.1) is 10.1 Å². The molecule has 0 atom stereocenters. The smallest absolute Gasteiger partial charge is 0.423 e. The fourth-order valence-corrected chi connectivity index (χ4v) is 1.07. The summed E-state index contributed by atoms with van der Waals surface area (Å²) < 4.78 is 37.3. The Hall–Kier alpha value is -2.48. The van der Waals surface area contributed by atoms with Crippen LogP contribution in [0.2, 0.25) is 0 Å². The van der Waals surface area contributed by atoms with Crippen molar-refractivity contribution in [1.29, 1.82) is 0 Å². The van der Waals surface area contributed by atoms with E-state index in [4.69, 9.17) is 10.6 Å². The molecule has 0 aliphatic carbocycles. The number of phenols is 1. The standard InChI is InChI=1S/C7H3F3N4O3/c8-7(9,10)3-1-4(12-13-11)6(15)2-5(3)14(16)17/h1-2,15H. The van der Waals surface area contributed by atoms with E-state index in [1.165, 1.54) is 0 Å². The number of aromatic hydroxyl groups is 1. The minimum Gasteiger partial charge on any atom is -0.507 e. The average Bonchev–Trinajstić information content (AvgIpc) is 2.18. The number of azide groups is 1. The first kappa shape index (κ1) is 12.6. The van der Waals surface area contributed by atoms with Crippen LogP contribution in [-0.2, 0) is 6.18 Å². The van der Waals surface area contributed by atoms with E-state index < -0.39 is 33.8 Å². The van der Waals surface area contributed by atoms with E-state index in [1.807, 2.05) is 0 Å². The molecule has 0 aliphatic rings. The number of benzene rings is 1. The number of hydrogen-bond acceptors (Lipinski definition) is 4. The largest absolute Gasteiger partial charge is 0.507 e. The second kappa shape index (κ2) is 4.18. The molecule has 7 nitrogen and oxygen atoms in total. The van der Waals surface area contributed by atoms with E-state index in [-0.39, 0.29) is 12.1 Å². The Kier molecular flexibility index (Phi) is 3.09. The summed E-state index contributed by atoms with van der Waals surface area (Å²) in [5.74, 6) is -0.900. The van der Waals surface area contributed by atoms with Crippen molar-refractivity contribution in [3.8, 4) is 5.75 Å². The number of phenolic OH excluding ortho intramolecular Hbond substituents is 1. The molecule has 1 aromatic rings. The van der Waals surface area contributed by atoms with Gasteiger partial charge in [-0.3, -0.25) is 10.1 Å². The first-order chi connectivity index (χ1) is 7.77. The molecule has 0 saturated heterocycles. The van der Waals surface area contributed by atoms with E-state index in [9.17, 15) is 23.3 Å². The zero-order valence-electron chi connectivity index (χ0n) is 7.84. The van der Waals surface area contributed by atoms with Gasteiger partial charge in [0.05, 0.1) is 16.7 Å². The number of nitro groups is 1. The summed E-state index contributed by atoms with van der Waals surface area (Å²) in [5.41, 5.74) is 4.41. The first-order valence-electron chi connectivity index (χ1n) is 3.91. The van der Waals surface area contributed by atoms with Gasteiger partial charge in [-0.15, -0.1) is 0 Å². The summed E-state index contributed by atoms with van der Waals surface area (Å²) in [6.07, 6.45) is -4.99. The molecule has 1 aromatic carbocycles. The Morgan fingerprint density at radius 1 is 1.47 bits per heavy atom. The highest BCUT2D eigenvalue weighted by atomic mass is 19.4. The van der Waals surface area contributed by atoms with Gasteiger partial charge in [0, 0.05) is 4.91 Å². The second-order valence-corrected chi connectivity index (χ2v) is 2.80. The van der Waals surface area contributed by atoms with Gasteiger partial charge in [-0.25, -0.2) is 0 Å². The van der Waals surface area contributed by atoms with Crippen molar-refractivity contribution < 1.29 is 23.2 Å². The number of rotatable bonds is 2. The number of halogens is 3. The van der Waals surface area contributed by atoms with Gasteiger partial charge >= 0.3 is 6.18 Å². The highest BCUT2D eigenvalue weighted by Gasteiger charge is 2.39. The lowest BCUT2D eigenvalue weighted by Gasteiger charge is -2.08. The van der Waals surface area contributed by atoms with Crippen LogP contribution in [0.1, 0.15) is 5.56 Å². The van der Waals surface area contributed by atoms with Gasteiger partial charge in [0.25, 0.3) is 5.69 Å². The van der Waals surface area contributed by atoms with Crippen molar-refractivity contribution >= 4 is 11.4 Å². The highest BCUT2D eigenvalue weighted by Crippen LogP contribution is 2.42. The van der Waals surface area contributed by atoms with Gasteiger partial charge in [0.2, 0.25) is 0 Å². The third-order valence-corrected chi connectivity index (χ3v) is 1.75. The maximum Gasteiger partial charge on any atom is 0.423 e. The van der Waals surface area contributed by atoms with Crippen LogP contribution >= 0.6 is 0 Å². The van der Waals surface area contributed by atoms with E-state index in [0.717, 1.165) is 0 Å². The first-order valence-corrected chi connectivity index (χ1v) is 3.91. The summed E-state index contributed by atoms with van der Waals surface area (Å²) in [6, 6.07) is 0.500. The molecule has 0 bridgehead atoms. The molecule has 0 fully saturated rings. The summed E-state index contributed by atoms with van der Waals surface area (Å²) >= 11 is 0. The van der Waals surface area contributed by atoms with Crippen molar-refractivity contribution in [3.63, 3.8) is 0 Å². The zero-order chi connectivity index (χ0) is 13.2. The van der Waals surface area contributed by atoms with Crippen LogP contribution in [0.25, 0.3) is 10.4 Å². The summed E-state index contributed by atoms with van der Waals surface area (Å²) in [7, 11) is 0. The molecule has 1 N–H and O–H groups in total. The lowest BCUT2D eigenvalue weighted by molar-refractivity contribution is -0.388. The molecule has 0 saturated carbocycles. The highest BCUT2D eigenvalue weighted by molar-refractivity contribution is 5.61. The maximum atomic E-state index is 12.4. The van der Waals surface area contributed by atoms with Crippen LogP contribution in [0.15, 0.2) is 17.2 Å². The van der Waals surface area contributed by atoms with Crippen molar-refractivity contribution in [2.45, 2.75) is 6.18 Å². The van der Waals surface area contributed by atoms with Gasteiger partial charge in [-0.2, -0.15) is 13.2 Å². The molecule has 90 valence electrons. The Balaban J connectivity index is 3.59. The minimum atomic E-state index is -4.99. The predicted molar refractivity (Wildman–Crippen MR) is 48.6 cm³/mol. The fourth-order valence-electron chi connectivity index (χ4n) is 1.07. The van der Waals surface area contributed by atoms with Gasteiger partial charge in [0.15, 0.2) is 0 Å². The van der Waals surface area contributed by atoms with Gasteiger partial charge in [0.1, 0.15) is 11.3 Å². The Bertz CT molecular complexity index is 522. The lowest BCUT2D eigenvalue weighted by atomic mass is 10.1. The molecule has 17 heavy (non-hydrogen) atoms. The minimum absolute atomic E-state index is 0.215. The molecular weight excluding hydrogens is 245 g/mol. The third kappa shape index (κ3) is 2.55. The van der Waals surface area contributed by atoms with Gasteiger partial charge < -0.3 is 5.11 Å². The number of hydrogen-bond donors (Lipinski definition) is 1. The predicted octanol–water partition coefficient (Wildman–Crippen LogP) is 3.26. The van der Waals surface area contributed by atoms with Crippen molar-refractivity contribution in [2.75, 3.05) is 0 Å². The van der Waals surface area contributed by atoms with Crippen molar-refractivity contribution in [2.24, 2.45) is 5.11 Å². The van der Waals surface area contributed by atoms with E-state index in [2.05, 4.69) is 10.0 Å². The molecule has 0 aliphatic heterocycles. The fraction of sp³-hybridized carbons (Fsp3) is 0.143. The summed E-state index contributed by atoms with van der Waals surface area (Å²) in [6.45, 7) is 0. The van der Waals surface area contributed by atoms with Crippen LogP contribution < -0.4 is 0 Å². The molecule has 0 spiro atoms. The van der Waals surface area contributed by atoms with Crippen LogP contribution in [0.5, 0.6) is 5.75 Å². The molecule has 10 heteroatoms. The van der Waals surface area contributed by atoms with Crippen molar-refractivity contribution in [1.82, 2.24) is 0 Å². The monoisotopic (exact) mass is 248 g/mol.